The summed E-state index contributed by atoms with van der Waals surface area (Å²) in [5, 5.41) is 4.89. The third-order valence-electron chi connectivity index (χ3n) is 5.51. The monoisotopic (exact) mass is 427 g/mol. The average molecular weight is 428 g/mol. The SMILES string of the molecule is Cc1cc(C)c2nc(N3CCCC(C(=O)NCCc4ccc(Cl)cc4)C3)sc2c1. The molecule has 0 radical (unpaired) electrons. The van der Waals surface area contributed by atoms with Gasteiger partial charge in [-0.3, -0.25) is 4.79 Å². The van der Waals surface area contributed by atoms with E-state index in [-0.39, 0.29) is 11.8 Å². The molecule has 1 fully saturated rings. The zero-order chi connectivity index (χ0) is 20.4. The molecule has 1 N–H and O–H groups in total. The van der Waals surface area contributed by atoms with Crippen molar-refractivity contribution < 1.29 is 4.79 Å². The van der Waals surface area contributed by atoms with E-state index in [2.05, 4.69) is 36.2 Å². The standard InChI is InChI=1S/C23H26ClN3OS/c1-15-12-16(2)21-20(13-15)29-23(26-21)27-11-3-4-18(14-27)22(28)25-10-9-17-5-7-19(24)8-6-17/h5-8,12-13,18H,3-4,9-11,14H2,1-2H3,(H,25,28). The zero-order valence-electron chi connectivity index (χ0n) is 16.9. The summed E-state index contributed by atoms with van der Waals surface area (Å²) in [5.74, 6) is 0.167. The number of nitrogens with zero attached hydrogens (tertiary/aromatic N) is 2. The first kappa shape index (κ1) is 20.2. The van der Waals surface area contributed by atoms with E-state index in [0.717, 1.165) is 48.0 Å². The number of thiazole rings is 1. The Labute approximate surface area is 180 Å². The first-order valence-electron chi connectivity index (χ1n) is 10.1. The molecule has 6 heteroatoms. The molecule has 4 rings (SSSR count). The van der Waals surface area contributed by atoms with Gasteiger partial charge in [-0.2, -0.15) is 0 Å². The van der Waals surface area contributed by atoms with Crippen LogP contribution in [0.1, 0.15) is 29.5 Å². The predicted molar refractivity (Wildman–Crippen MR) is 122 cm³/mol. The lowest BCUT2D eigenvalue weighted by atomic mass is 9.97. The van der Waals surface area contributed by atoms with Gasteiger partial charge in [-0.15, -0.1) is 0 Å². The number of carbonyl (C=O) groups is 1. The van der Waals surface area contributed by atoms with Crippen LogP contribution < -0.4 is 10.2 Å². The van der Waals surface area contributed by atoms with Gasteiger partial charge in [0.05, 0.1) is 16.1 Å². The Morgan fingerprint density at radius 3 is 2.86 bits per heavy atom. The van der Waals surface area contributed by atoms with Gasteiger partial charge in [0.2, 0.25) is 5.91 Å². The lowest BCUT2D eigenvalue weighted by Gasteiger charge is -2.31. The summed E-state index contributed by atoms with van der Waals surface area (Å²) in [6, 6.07) is 12.2. The van der Waals surface area contributed by atoms with Gasteiger partial charge in [0, 0.05) is 24.7 Å². The molecule has 1 unspecified atom stereocenters. The number of aryl methyl sites for hydroxylation is 2. The molecule has 1 atom stereocenters. The van der Waals surface area contributed by atoms with E-state index in [1.54, 1.807) is 11.3 Å². The Morgan fingerprint density at radius 1 is 1.28 bits per heavy atom. The summed E-state index contributed by atoms with van der Waals surface area (Å²) in [7, 11) is 0. The molecule has 3 aromatic rings. The number of fused-ring (bicyclic) bond motifs is 1. The van der Waals surface area contributed by atoms with Crippen molar-refractivity contribution in [3.8, 4) is 0 Å². The molecule has 0 saturated carbocycles. The van der Waals surface area contributed by atoms with E-state index >= 15 is 0 Å². The van der Waals surface area contributed by atoms with Crippen LogP contribution in [0.3, 0.4) is 0 Å². The van der Waals surface area contributed by atoms with Crippen molar-refractivity contribution in [3.05, 3.63) is 58.1 Å². The number of halogens is 1. The Kier molecular flexibility index (Phi) is 6.07. The maximum absolute atomic E-state index is 12.7. The van der Waals surface area contributed by atoms with E-state index in [4.69, 9.17) is 16.6 Å². The van der Waals surface area contributed by atoms with Crippen molar-refractivity contribution >= 4 is 44.2 Å². The third-order valence-corrected chi connectivity index (χ3v) is 6.82. The quantitative estimate of drug-likeness (QED) is 0.613. The Hall–Kier alpha value is -2.11. The summed E-state index contributed by atoms with van der Waals surface area (Å²) < 4.78 is 1.23. The summed E-state index contributed by atoms with van der Waals surface area (Å²) in [4.78, 5) is 19.9. The van der Waals surface area contributed by atoms with Crippen molar-refractivity contribution in [1.29, 1.82) is 0 Å². The number of aromatic nitrogens is 1. The number of hydrogen-bond acceptors (Lipinski definition) is 4. The molecule has 0 bridgehead atoms. The molecular weight excluding hydrogens is 402 g/mol. The molecule has 1 saturated heterocycles. The van der Waals surface area contributed by atoms with Crippen molar-refractivity contribution in [3.63, 3.8) is 0 Å². The molecule has 2 heterocycles. The van der Waals surface area contributed by atoms with Crippen molar-refractivity contribution in [2.45, 2.75) is 33.1 Å². The van der Waals surface area contributed by atoms with Crippen molar-refractivity contribution in [1.82, 2.24) is 10.3 Å². The zero-order valence-corrected chi connectivity index (χ0v) is 18.4. The minimum absolute atomic E-state index is 0.0174. The number of piperidine rings is 1. The normalized spacial score (nSPS) is 16.9. The fourth-order valence-electron chi connectivity index (χ4n) is 3.98. The van der Waals surface area contributed by atoms with Crippen molar-refractivity contribution in [2.75, 3.05) is 24.5 Å². The molecule has 152 valence electrons. The minimum atomic E-state index is 0.0174. The largest absolute Gasteiger partial charge is 0.355 e. The van der Waals surface area contributed by atoms with E-state index in [0.29, 0.717) is 6.54 Å². The highest BCUT2D eigenvalue weighted by molar-refractivity contribution is 7.22. The molecule has 1 aromatic heterocycles. The molecular formula is C23H26ClN3OS. The van der Waals surface area contributed by atoms with Crippen LogP contribution in [0.15, 0.2) is 36.4 Å². The van der Waals surface area contributed by atoms with E-state index < -0.39 is 0 Å². The van der Waals surface area contributed by atoms with Crippen LogP contribution in [0, 0.1) is 19.8 Å². The Morgan fingerprint density at radius 2 is 2.07 bits per heavy atom. The third kappa shape index (κ3) is 4.73. The van der Waals surface area contributed by atoms with Gasteiger partial charge in [-0.05, 0) is 68.0 Å². The smallest absolute Gasteiger partial charge is 0.224 e. The van der Waals surface area contributed by atoms with Crippen LogP contribution in [-0.2, 0) is 11.2 Å². The van der Waals surface area contributed by atoms with Crippen LogP contribution in [0.2, 0.25) is 5.02 Å². The lowest BCUT2D eigenvalue weighted by molar-refractivity contribution is -0.125. The van der Waals surface area contributed by atoms with Gasteiger partial charge < -0.3 is 10.2 Å². The molecule has 1 amide bonds. The molecule has 0 spiro atoms. The molecule has 0 aliphatic carbocycles. The maximum Gasteiger partial charge on any atom is 0.224 e. The highest BCUT2D eigenvalue weighted by atomic mass is 35.5. The van der Waals surface area contributed by atoms with E-state index in [9.17, 15) is 4.79 Å². The fourth-order valence-corrected chi connectivity index (χ4v) is 5.29. The second kappa shape index (κ2) is 8.72. The molecule has 2 aromatic carbocycles. The Balaban J connectivity index is 1.37. The minimum Gasteiger partial charge on any atom is -0.355 e. The van der Waals surface area contributed by atoms with E-state index in [1.807, 2.05) is 24.3 Å². The number of amides is 1. The summed E-state index contributed by atoms with van der Waals surface area (Å²) in [6.45, 7) is 6.59. The number of anilines is 1. The summed E-state index contributed by atoms with van der Waals surface area (Å²) >= 11 is 7.66. The van der Waals surface area contributed by atoms with Gasteiger partial charge in [-0.25, -0.2) is 4.98 Å². The summed E-state index contributed by atoms with van der Waals surface area (Å²) in [5.41, 5.74) is 4.75. The number of carbonyl (C=O) groups excluding carboxylic acids is 1. The average Bonchev–Trinajstić information content (AvgIpc) is 3.14. The second-order valence-corrected chi connectivity index (χ2v) is 9.32. The van der Waals surface area contributed by atoms with Crippen LogP contribution >= 0.6 is 22.9 Å². The second-order valence-electron chi connectivity index (χ2n) is 7.88. The van der Waals surface area contributed by atoms with Crippen LogP contribution in [0.25, 0.3) is 10.2 Å². The topological polar surface area (TPSA) is 45.2 Å². The van der Waals surface area contributed by atoms with Crippen LogP contribution in [0.4, 0.5) is 5.13 Å². The number of benzene rings is 2. The van der Waals surface area contributed by atoms with Gasteiger partial charge in [0.15, 0.2) is 5.13 Å². The van der Waals surface area contributed by atoms with Crippen LogP contribution in [0.5, 0.6) is 0 Å². The molecule has 4 nitrogen and oxygen atoms in total. The first-order chi connectivity index (χ1) is 14.0. The molecule has 1 aliphatic heterocycles. The van der Waals surface area contributed by atoms with Crippen LogP contribution in [-0.4, -0.2) is 30.5 Å². The van der Waals surface area contributed by atoms with E-state index in [1.165, 1.54) is 21.4 Å². The first-order valence-corrected chi connectivity index (χ1v) is 11.3. The number of rotatable bonds is 5. The predicted octanol–water partition coefficient (Wildman–Crippen LogP) is 5.14. The van der Waals surface area contributed by atoms with Gasteiger partial charge in [-0.1, -0.05) is 41.1 Å². The van der Waals surface area contributed by atoms with Gasteiger partial charge in [0.25, 0.3) is 0 Å². The number of hydrogen-bond donors (Lipinski definition) is 1. The number of nitrogens with one attached hydrogen (secondary N) is 1. The molecule has 1 aliphatic rings. The molecule has 29 heavy (non-hydrogen) atoms. The maximum atomic E-state index is 12.7. The highest BCUT2D eigenvalue weighted by Gasteiger charge is 2.27. The Bertz CT molecular complexity index is 1010. The fraction of sp³-hybridized carbons (Fsp3) is 0.391. The van der Waals surface area contributed by atoms with Crippen molar-refractivity contribution in [2.24, 2.45) is 5.92 Å². The van der Waals surface area contributed by atoms with Gasteiger partial charge in [0.1, 0.15) is 0 Å². The highest BCUT2D eigenvalue weighted by Crippen LogP contribution is 2.33. The van der Waals surface area contributed by atoms with Gasteiger partial charge >= 0.3 is 0 Å². The lowest BCUT2D eigenvalue weighted by Crippen LogP contribution is -2.43. The summed E-state index contributed by atoms with van der Waals surface area (Å²) in [6.07, 6.45) is 2.77.